The molecule has 0 aromatic heterocycles. The smallest absolute Gasteiger partial charge is 0.221 e. The number of anilines is 1. The van der Waals surface area contributed by atoms with Crippen molar-refractivity contribution in [1.29, 1.82) is 0 Å². The Morgan fingerprint density at radius 1 is 1.32 bits per heavy atom. The molecule has 0 atom stereocenters. The summed E-state index contributed by atoms with van der Waals surface area (Å²) in [6.07, 6.45) is 9.64. The van der Waals surface area contributed by atoms with Gasteiger partial charge in [-0.15, -0.1) is 0 Å². The van der Waals surface area contributed by atoms with Crippen molar-refractivity contribution in [3.8, 4) is 5.75 Å². The molecule has 0 fully saturated rings. The summed E-state index contributed by atoms with van der Waals surface area (Å²) in [7, 11) is 0. The molecule has 4 nitrogen and oxygen atoms in total. The van der Waals surface area contributed by atoms with Gasteiger partial charge in [0.2, 0.25) is 5.91 Å². The van der Waals surface area contributed by atoms with Gasteiger partial charge in [-0.3, -0.25) is 4.79 Å². The van der Waals surface area contributed by atoms with E-state index < -0.39 is 0 Å². The highest BCUT2D eigenvalue weighted by molar-refractivity contribution is 5.88. The van der Waals surface area contributed by atoms with Crippen LogP contribution in [0.2, 0.25) is 0 Å². The highest BCUT2D eigenvalue weighted by Crippen LogP contribution is 2.26. The van der Waals surface area contributed by atoms with E-state index in [1.807, 2.05) is 24.3 Å². The van der Waals surface area contributed by atoms with Gasteiger partial charge in [0.1, 0.15) is 5.75 Å². The summed E-state index contributed by atoms with van der Waals surface area (Å²) in [4.78, 5) is 13.3. The van der Waals surface area contributed by atoms with Crippen molar-refractivity contribution in [2.45, 2.75) is 13.3 Å². The van der Waals surface area contributed by atoms with E-state index in [2.05, 4.69) is 34.6 Å². The highest BCUT2D eigenvalue weighted by atomic mass is 16.5. The van der Waals surface area contributed by atoms with Crippen LogP contribution in [0.15, 0.2) is 59.8 Å². The molecule has 0 spiro atoms. The summed E-state index contributed by atoms with van der Waals surface area (Å²) in [6.45, 7) is 4.19. The average molecular weight is 296 g/mol. The van der Waals surface area contributed by atoms with Crippen LogP contribution < -0.4 is 10.1 Å². The first-order valence-electron chi connectivity index (χ1n) is 7.55. The highest BCUT2D eigenvalue weighted by Gasteiger charge is 2.17. The summed E-state index contributed by atoms with van der Waals surface area (Å²) < 4.78 is 5.73. The molecule has 3 rings (SSSR count). The number of allylic oxidation sites excluding steroid dienone is 3. The number of hydrogen-bond donors (Lipinski definition) is 1. The number of hydrogen-bond acceptors (Lipinski definition) is 3. The molecule has 1 aromatic carbocycles. The molecule has 0 saturated heterocycles. The number of ether oxygens (including phenoxy) is 1. The van der Waals surface area contributed by atoms with E-state index >= 15 is 0 Å². The quantitative estimate of drug-likeness (QED) is 0.820. The summed E-state index contributed by atoms with van der Waals surface area (Å²) in [6, 6.07) is 7.45. The molecule has 1 aliphatic heterocycles. The Bertz CT molecular complexity index is 642. The van der Waals surface area contributed by atoms with Gasteiger partial charge in [-0.2, -0.15) is 0 Å². The molecule has 1 aromatic rings. The predicted octanol–water partition coefficient (Wildman–Crippen LogP) is 3.11. The number of nitrogens with one attached hydrogen (secondary N) is 1. The zero-order valence-corrected chi connectivity index (χ0v) is 12.7. The average Bonchev–Trinajstić information content (AvgIpc) is 3.06. The summed E-state index contributed by atoms with van der Waals surface area (Å²) >= 11 is 0. The minimum atomic E-state index is -0.0665. The van der Waals surface area contributed by atoms with Crippen molar-refractivity contribution in [1.82, 2.24) is 4.90 Å². The largest absolute Gasteiger partial charge is 0.494 e. The van der Waals surface area contributed by atoms with Crippen molar-refractivity contribution >= 4 is 11.6 Å². The molecule has 2 aliphatic rings. The van der Waals surface area contributed by atoms with Crippen LogP contribution in [0.5, 0.6) is 5.75 Å². The minimum Gasteiger partial charge on any atom is -0.494 e. The van der Waals surface area contributed by atoms with Crippen LogP contribution in [-0.4, -0.2) is 30.5 Å². The minimum absolute atomic E-state index is 0.0665. The lowest BCUT2D eigenvalue weighted by molar-refractivity contribution is -0.114. The molecule has 1 N–H and O–H groups in total. The third kappa shape index (κ3) is 3.58. The Morgan fingerprint density at radius 3 is 2.86 bits per heavy atom. The van der Waals surface area contributed by atoms with Crippen LogP contribution in [-0.2, 0) is 4.79 Å². The van der Waals surface area contributed by atoms with Gasteiger partial charge >= 0.3 is 0 Å². The maximum atomic E-state index is 10.9. The molecule has 0 saturated carbocycles. The van der Waals surface area contributed by atoms with Gasteiger partial charge in [-0.25, -0.2) is 0 Å². The van der Waals surface area contributed by atoms with Gasteiger partial charge in [-0.05, 0) is 41.8 Å². The van der Waals surface area contributed by atoms with E-state index in [9.17, 15) is 4.79 Å². The molecule has 1 heterocycles. The van der Waals surface area contributed by atoms with Crippen molar-refractivity contribution in [3.63, 3.8) is 0 Å². The van der Waals surface area contributed by atoms with Crippen LogP contribution in [0.1, 0.15) is 13.3 Å². The molecular formula is C18H20N2O2. The van der Waals surface area contributed by atoms with Crippen molar-refractivity contribution in [2.75, 3.05) is 25.0 Å². The standard InChI is InChI=1S/C18H20N2O2/c1-14(21)19-17-6-8-18(9-7-17)22-11-3-10-20-12-15-4-2-5-16(15)13-20/h2,4-9,12H,3,10-11,13H2,1H3,(H,19,21). The molecule has 114 valence electrons. The fraction of sp³-hybridized carbons (Fsp3) is 0.278. The normalized spacial score (nSPS) is 15.4. The Balaban J connectivity index is 1.38. The lowest BCUT2D eigenvalue weighted by atomic mass is 10.2. The lowest BCUT2D eigenvalue weighted by Gasteiger charge is -2.15. The lowest BCUT2D eigenvalue weighted by Crippen LogP contribution is -2.18. The monoisotopic (exact) mass is 296 g/mol. The zero-order chi connectivity index (χ0) is 15.4. The molecular weight excluding hydrogens is 276 g/mol. The fourth-order valence-electron chi connectivity index (χ4n) is 2.64. The number of amides is 1. The van der Waals surface area contributed by atoms with Crippen LogP contribution in [0.3, 0.4) is 0 Å². The molecule has 0 radical (unpaired) electrons. The summed E-state index contributed by atoms with van der Waals surface area (Å²) in [5, 5.41) is 2.74. The maximum absolute atomic E-state index is 10.9. The van der Waals surface area contributed by atoms with E-state index in [0.29, 0.717) is 6.61 Å². The first kappa shape index (κ1) is 14.4. The Kier molecular flexibility index (Phi) is 4.28. The molecule has 4 heteroatoms. The Morgan fingerprint density at radius 2 is 2.14 bits per heavy atom. The van der Waals surface area contributed by atoms with Gasteiger partial charge in [-0.1, -0.05) is 18.2 Å². The number of rotatable bonds is 6. The fourth-order valence-corrected chi connectivity index (χ4v) is 2.64. The van der Waals surface area contributed by atoms with E-state index in [4.69, 9.17) is 4.74 Å². The van der Waals surface area contributed by atoms with Gasteiger partial charge < -0.3 is 15.0 Å². The molecule has 22 heavy (non-hydrogen) atoms. The van der Waals surface area contributed by atoms with Crippen molar-refractivity contribution < 1.29 is 9.53 Å². The topological polar surface area (TPSA) is 41.6 Å². The summed E-state index contributed by atoms with van der Waals surface area (Å²) in [5.74, 6) is 0.763. The second kappa shape index (κ2) is 6.52. The third-order valence-electron chi connectivity index (χ3n) is 3.67. The van der Waals surface area contributed by atoms with Crippen LogP contribution in [0, 0.1) is 0 Å². The van der Waals surface area contributed by atoms with E-state index in [0.717, 1.165) is 30.9 Å². The first-order valence-corrected chi connectivity index (χ1v) is 7.55. The predicted molar refractivity (Wildman–Crippen MR) is 87.7 cm³/mol. The molecule has 0 bridgehead atoms. The Hall–Kier alpha value is -2.49. The van der Waals surface area contributed by atoms with Gasteiger partial charge in [0.05, 0.1) is 6.61 Å². The summed E-state index contributed by atoms with van der Waals surface area (Å²) in [5.41, 5.74) is 3.54. The van der Waals surface area contributed by atoms with Crippen molar-refractivity contribution in [2.24, 2.45) is 0 Å². The second-order valence-electron chi connectivity index (χ2n) is 5.51. The van der Waals surface area contributed by atoms with Crippen LogP contribution >= 0.6 is 0 Å². The third-order valence-corrected chi connectivity index (χ3v) is 3.67. The van der Waals surface area contributed by atoms with Crippen molar-refractivity contribution in [3.05, 3.63) is 59.8 Å². The van der Waals surface area contributed by atoms with E-state index in [1.54, 1.807) is 0 Å². The zero-order valence-electron chi connectivity index (χ0n) is 12.7. The van der Waals surface area contributed by atoms with Gasteiger partial charge in [0.15, 0.2) is 0 Å². The van der Waals surface area contributed by atoms with E-state index in [1.165, 1.54) is 18.1 Å². The SMILES string of the molecule is CC(=O)Nc1ccc(OCCCN2C=C3C=CC=C3C2)cc1. The van der Waals surface area contributed by atoms with Crippen LogP contribution in [0.25, 0.3) is 0 Å². The van der Waals surface area contributed by atoms with Gasteiger partial charge in [0.25, 0.3) is 0 Å². The number of carbonyl (C=O) groups is 1. The number of fused-ring (bicyclic) bond motifs is 1. The molecule has 1 aliphatic carbocycles. The van der Waals surface area contributed by atoms with Gasteiger partial charge in [0, 0.05) is 31.9 Å². The van der Waals surface area contributed by atoms with E-state index in [-0.39, 0.29) is 5.91 Å². The number of carbonyl (C=O) groups excluding carboxylic acids is 1. The first-order chi connectivity index (χ1) is 10.7. The second-order valence-corrected chi connectivity index (χ2v) is 5.51. The maximum Gasteiger partial charge on any atom is 0.221 e. The molecule has 1 amide bonds. The number of benzene rings is 1. The Labute approximate surface area is 130 Å². The molecule has 0 unspecified atom stereocenters. The number of nitrogens with zero attached hydrogens (tertiary/aromatic N) is 1. The van der Waals surface area contributed by atoms with Crippen LogP contribution in [0.4, 0.5) is 5.69 Å².